The van der Waals surface area contributed by atoms with Crippen molar-refractivity contribution >= 4 is 17.9 Å². The smallest absolute Gasteiger partial charge is 0.153 e. The highest BCUT2D eigenvalue weighted by atomic mass is 35.5. The Kier molecular flexibility index (Phi) is 8.46. The number of nitrogens with zero attached hydrogens (tertiary/aromatic N) is 1. The van der Waals surface area contributed by atoms with Gasteiger partial charge in [0.15, 0.2) is 6.29 Å². The fourth-order valence-electron chi connectivity index (χ4n) is 5.51. The summed E-state index contributed by atoms with van der Waals surface area (Å²) < 4.78 is 17.6. The highest BCUT2D eigenvalue weighted by Gasteiger charge is 2.40. The summed E-state index contributed by atoms with van der Waals surface area (Å²) in [6.07, 6.45) is 4.07. The number of phenols is 1. The van der Waals surface area contributed by atoms with Gasteiger partial charge in [0.25, 0.3) is 0 Å². The SMILES string of the molecule is Cc1c(COc2cc(O)c(C=O)cc2Cl)cccc1-c1cccc(OCCCN2CCC3(CC2)COC3)c1C. The van der Waals surface area contributed by atoms with Crippen LogP contribution in [0.1, 0.15) is 46.3 Å². The second-order valence-electron chi connectivity index (χ2n) is 10.8. The van der Waals surface area contributed by atoms with Crippen LogP contribution in [0.25, 0.3) is 11.1 Å². The summed E-state index contributed by atoms with van der Waals surface area (Å²) in [6.45, 7) is 10.4. The first-order valence-corrected chi connectivity index (χ1v) is 14.0. The lowest BCUT2D eigenvalue weighted by molar-refractivity contribution is -0.139. The van der Waals surface area contributed by atoms with E-state index in [1.54, 1.807) is 0 Å². The van der Waals surface area contributed by atoms with E-state index in [2.05, 4.69) is 30.9 Å². The number of carbonyl (C=O) groups excluding carboxylic acids is 1. The Bertz CT molecular complexity index is 1330. The Labute approximate surface area is 235 Å². The second kappa shape index (κ2) is 12.0. The van der Waals surface area contributed by atoms with Crippen LogP contribution in [-0.4, -0.2) is 55.7 Å². The number of aromatic hydroxyl groups is 1. The molecule has 1 spiro atoms. The summed E-state index contributed by atoms with van der Waals surface area (Å²) in [5.41, 5.74) is 6.07. The molecular formula is C32H36ClNO5. The number of likely N-dealkylation sites (tertiary alicyclic amines) is 1. The first kappa shape index (κ1) is 27.5. The van der Waals surface area contributed by atoms with E-state index in [1.807, 2.05) is 24.3 Å². The highest BCUT2D eigenvalue weighted by Crippen LogP contribution is 2.38. The third-order valence-electron chi connectivity index (χ3n) is 8.22. The predicted octanol–water partition coefficient (Wildman–Crippen LogP) is 6.60. The maximum absolute atomic E-state index is 11.0. The molecule has 39 heavy (non-hydrogen) atoms. The maximum atomic E-state index is 11.0. The number of hydrogen-bond donors (Lipinski definition) is 1. The summed E-state index contributed by atoms with van der Waals surface area (Å²) >= 11 is 6.25. The van der Waals surface area contributed by atoms with Gasteiger partial charge in [-0.15, -0.1) is 0 Å². The van der Waals surface area contributed by atoms with Crippen molar-refractivity contribution in [3.63, 3.8) is 0 Å². The topological polar surface area (TPSA) is 68.2 Å². The molecule has 0 aromatic heterocycles. The van der Waals surface area contributed by atoms with Crippen LogP contribution in [0.5, 0.6) is 17.2 Å². The lowest BCUT2D eigenvalue weighted by Crippen LogP contribution is -2.51. The first-order valence-electron chi connectivity index (χ1n) is 13.6. The number of halogens is 1. The molecule has 2 heterocycles. The van der Waals surface area contributed by atoms with Gasteiger partial charge in [0.1, 0.15) is 23.9 Å². The number of rotatable bonds is 10. The molecule has 0 radical (unpaired) electrons. The Morgan fingerprint density at radius 3 is 2.41 bits per heavy atom. The van der Waals surface area contributed by atoms with E-state index in [0.717, 1.165) is 72.8 Å². The second-order valence-corrected chi connectivity index (χ2v) is 11.2. The summed E-state index contributed by atoms with van der Waals surface area (Å²) in [6, 6.07) is 15.1. The summed E-state index contributed by atoms with van der Waals surface area (Å²) in [5.74, 6) is 1.09. The van der Waals surface area contributed by atoms with E-state index in [4.69, 9.17) is 25.8 Å². The molecule has 0 amide bonds. The molecular weight excluding hydrogens is 514 g/mol. The van der Waals surface area contributed by atoms with Crippen molar-refractivity contribution in [3.8, 4) is 28.4 Å². The quantitative estimate of drug-likeness (QED) is 0.227. The molecule has 1 N–H and O–H groups in total. The van der Waals surface area contributed by atoms with Crippen LogP contribution in [-0.2, 0) is 11.3 Å². The zero-order valence-electron chi connectivity index (χ0n) is 22.7. The van der Waals surface area contributed by atoms with Crippen molar-refractivity contribution in [2.75, 3.05) is 39.5 Å². The van der Waals surface area contributed by atoms with E-state index in [0.29, 0.717) is 24.1 Å². The van der Waals surface area contributed by atoms with E-state index < -0.39 is 0 Å². The first-order chi connectivity index (χ1) is 18.9. The van der Waals surface area contributed by atoms with Gasteiger partial charge in [0.2, 0.25) is 0 Å². The molecule has 0 aliphatic carbocycles. The molecule has 2 saturated heterocycles. The molecule has 0 bridgehead atoms. The zero-order chi connectivity index (χ0) is 27.4. The molecule has 0 atom stereocenters. The van der Waals surface area contributed by atoms with Gasteiger partial charge in [-0.1, -0.05) is 41.9 Å². The molecule has 5 rings (SSSR count). The largest absolute Gasteiger partial charge is 0.507 e. The fourth-order valence-corrected chi connectivity index (χ4v) is 5.74. The van der Waals surface area contributed by atoms with E-state index in [-0.39, 0.29) is 22.9 Å². The molecule has 0 unspecified atom stereocenters. The van der Waals surface area contributed by atoms with E-state index in [9.17, 15) is 9.90 Å². The minimum absolute atomic E-state index is 0.131. The average Bonchev–Trinajstić information content (AvgIpc) is 2.92. The molecule has 7 heteroatoms. The fraction of sp³-hybridized carbons (Fsp3) is 0.406. The van der Waals surface area contributed by atoms with Gasteiger partial charge in [-0.05, 0) is 86.1 Å². The Hall–Kier alpha value is -3.06. The van der Waals surface area contributed by atoms with Gasteiger partial charge in [0.05, 0.1) is 30.4 Å². The maximum Gasteiger partial charge on any atom is 0.153 e. The van der Waals surface area contributed by atoms with Crippen molar-refractivity contribution < 1.29 is 24.1 Å². The lowest BCUT2D eigenvalue weighted by Gasteiger charge is -2.47. The molecule has 0 saturated carbocycles. The van der Waals surface area contributed by atoms with Gasteiger partial charge in [-0.25, -0.2) is 0 Å². The number of piperidine rings is 1. The minimum Gasteiger partial charge on any atom is -0.507 e. The molecule has 3 aromatic rings. The van der Waals surface area contributed by atoms with E-state index >= 15 is 0 Å². The molecule has 2 fully saturated rings. The van der Waals surface area contributed by atoms with Crippen LogP contribution >= 0.6 is 11.6 Å². The monoisotopic (exact) mass is 549 g/mol. The zero-order valence-corrected chi connectivity index (χ0v) is 23.4. The standard InChI is InChI=1S/C32H36ClNO5/c1-22-24(19-39-31-17-29(36)25(18-35)16-28(31)33)6-3-7-26(22)27-8-4-9-30(23(27)2)38-15-5-12-34-13-10-32(11-14-34)20-37-21-32/h3-4,6-9,16-18,36H,5,10-15,19-21H2,1-2H3. The third kappa shape index (κ3) is 6.08. The molecule has 3 aromatic carbocycles. The van der Waals surface area contributed by atoms with Gasteiger partial charge in [-0.3, -0.25) is 4.79 Å². The highest BCUT2D eigenvalue weighted by molar-refractivity contribution is 6.32. The van der Waals surface area contributed by atoms with Gasteiger partial charge in [0, 0.05) is 18.0 Å². The van der Waals surface area contributed by atoms with Gasteiger partial charge in [-0.2, -0.15) is 0 Å². The van der Waals surface area contributed by atoms with Crippen molar-refractivity contribution in [1.82, 2.24) is 4.90 Å². The van der Waals surface area contributed by atoms with Crippen LogP contribution < -0.4 is 9.47 Å². The number of phenolic OH excluding ortho intramolecular Hbond substituents is 1. The summed E-state index contributed by atoms with van der Waals surface area (Å²) in [4.78, 5) is 13.6. The summed E-state index contributed by atoms with van der Waals surface area (Å²) in [5, 5.41) is 10.3. The molecule has 206 valence electrons. The molecule has 6 nitrogen and oxygen atoms in total. The number of carbonyl (C=O) groups is 1. The number of hydrogen-bond acceptors (Lipinski definition) is 6. The molecule has 2 aliphatic rings. The Balaban J connectivity index is 1.20. The van der Waals surface area contributed by atoms with Crippen LogP contribution in [0.15, 0.2) is 48.5 Å². The van der Waals surface area contributed by atoms with Crippen LogP contribution in [0.2, 0.25) is 5.02 Å². The number of ether oxygens (including phenoxy) is 3. The normalized spacial score (nSPS) is 16.6. The Morgan fingerprint density at radius 2 is 1.72 bits per heavy atom. The summed E-state index contributed by atoms with van der Waals surface area (Å²) in [7, 11) is 0. The van der Waals surface area contributed by atoms with Gasteiger partial charge < -0.3 is 24.2 Å². The van der Waals surface area contributed by atoms with Gasteiger partial charge >= 0.3 is 0 Å². The molecule has 2 aliphatic heterocycles. The van der Waals surface area contributed by atoms with E-state index in [1.165, 1.54) is 25.0 Å². The average molecular weight is 550 g/mol. The lowest BCUT2D eigenvalue weighted by atomic mass is 9.77. The van der Waals surface area contributed by atoms with Crippen molar-refractivity contribution in [2.24, 2.45) is 5.41 Å². The minimum atomic E-state index is -0.157. The number of aldehydes is 1. The van der Waals surface area contributed by atoms with Crippen molar-refractivity contribution in [2.45, 2.75) is 39.7 Å². The third-order valence-corrected chi connectivity index (χ3v) is 8.52. The Morgan fingerprint density at radius 1 is 1.00 bits per heavy atom. The van der Waals surface area contributed by atoms with Crippen LogP contribution in [0, 0.1) is 19.3 Å². The van der Waals surface area contributed by atoms with Crippen LogP contribution in [0.3, 0.4) is 0 Å². The van der Waals surface area contributed by atoms with Crippen molar-refractivity contribution in [1.29, 1.82) is 0 Å². The number of benzene rings is 3. The predicted molar refractivity (Wildman–Crippen MR) is 153 cm³/mol. The van der Waals surface area contributed by atoms with Crippen LogP contribution in [0.4, 0.5) is 0 Å². The van der Waals surface area contributed by atoms with Crippen molar-refractivity contribution in [3.05, 3.63) is 75.8 Å².